The Balaban J connectivity index is 2.24. The van der Waals surface area contributed by atoms with Crippen molar-refractivity contribution in [2.75, 3.05) is 16.8 Å². The number of nitrogen functional groups attached to an aromatic ring is 2. The van der Waals surface area contributed by atoms with Gasteiger partial charge >= 0.3 is 0 Å². The fraction of sp³-hybridized carbons (Fsp3) is 0. The highest BCUT2D eigenvalue weighted by molar-refractivity contribution is 6.09. The van der Waals surface area contributed by atoms with E-state index in [9.17, 15) is 4.79 Å². The van der Waals surface area contributed by atoms with E-state index >= 15 is 0 Å². The van der Waals surface area contributed by atoms with E-state index in [-0.39, 0.29) is 5.91 Å². The molecule has 1 aromatic carbocycles. The molecule has 2 rings (SSSR count). The highest BCUT2D eigenvalue weighted by atomic mass is 16.1. The van der Waals surface area contributed by atoms with E-state index in [1.807, 2.05) is 0 Å². The molecular weight excluding hydrogens is 216 g/mol. The summed E-state index contributed by atoms with van der Waals surface area (Å²) in [6.45, 7) is 0. The molecule has 0 saturated carbocycles. The summed E-state index contributed by atoms with van der Waals surface area (Å²) in [5.41, 5.74) is 13.1. The Labute approximate surface area is 98.5 Å². The number of hydrogen-bond donors (Lipinski definition) is 3. The minimum Gasteiger partial charge on any atom is -0.397 e. The zero-order valence-corrected chi connectivity index (χ0v) is 9.05. The number of aromatic nitrogens is 1. The zero-order chi connectivity index (χ0) is 12.3. The van der Waals surface area contributed by atoms with Gasteiger partial charge in [0.25, 0.3) is 5.91 Å². The van der Waals surface area contributed by atoms with Crippen molar-refractivity contribution in [3.8, 4) is 0 Å². The minimum absolute atomic E-state index is 0.291. The number of anilines is 3. The molecular formula is C12H12N4O. The molecule has 1 aromatic heterocycles. The number of pyridine rings is 1. The summed E-state index contributed by atoms with van der Waals surface area (Å²) in [6.07, 6.45) is 3.19. The van der Waals surface area contributed by atoms with Gasteiger partial charge in [-0.3, -0.25) is 9.78 Å². The Morgan fingerprint density at radius 1 is 1.12 bits per heavy atom. The topological polar surface area (TPSA) is 94.0 Å². The van der Waals surface area contributed by atoms with E-state index in [0.717, 1.165) is 0 Å². The van der Waals surface area contributed by atoms with Gasteiger partial charge in [-0.15, -0.1) is 0 Å². The largest absolute Gasteiger partial charge is 0.397 e. The number of nitrogens with one attached hydrogen (secondary N) is 1. The maximum Gasteiger partial charge on any atom is 0.257 e. The Bertz CT molecular complexity index is 539. The van der Waals surface area contributed by atoms with Gasteiger partial charge in [-0.1, -0.05) is 6.07 Å². The maximum atomic E-state index is 11.9. The van der Waals surface area contributed by atoms with Crippen LogP contribution in [0, 0.1) is 0 Å². The Morgan fingerprint density at radius 3 is 2.53 bits per heavy atom. The number of rotatable bonds is 2. The summed E-state index contributed by atoms with van der Waals surface area (Å²) in [5, 5.41) is 2.71. The molecule has 0 fully saturated rings. The number of hydrogen-bond acceptors (Lipinski definition) is 4. The highest BCUT2D eigenvalue weighted by Crippen LogP contribution is 2.20. The van der Waals surface area contributed by atoms with Gasteiger partial charge in [0.05, 0.1) is 16.9 Å². The third-order valence-electron chi connectivity index (χ3n) is 2.32. The molecule has 0 radical (unpaired) electrons. The smallest absolute Gasteiger partial charge is 0.257 e. The van der Waals surface area contributed by atoms with E-state index in [1.54, 1.807) is 42.7 Å². The number of benzene rings is 1. The second-order valence-electron chi connectivity index (χ2n) is 3.50. The van der Waals surface area contributed by atoms with Crippen molar-refractivity contribution in [3.63, 3.8) is 0 Å². The maximum absolute atomic E-state index is 11.9. The van der Waals surface area contributed by atoms with Crippen LogP contribution in [0.5, 0.6) is 0 Å². The molecule has 0 saturated heterocycles. The molecule has 0 aliphatic carbocycles. The Morgan fingerprint density at radius 2 is 1.82 bits per heavy atom. The van der Waals surface area contributed by atoms with Crippen molar-refractivity contribution >= 4 is 23.0 Å². The first kappa shape index (κ1) is 10.9. The molecule has 5 heteroatoms. The first-order valence-electron chi connectivity index (χ1n) is 5.04. The highest BCUT2D eigenvalue weighted by Gasteiger charge is 2.11. The first-order valence-corrected chi connectivity index (χ1v) is 5.04. The van der Waals surface area contributed by atoms with Crippen molar-refractivity contribution in [1.29, 1.82) is 0 Å². The van der Waals surface area contributed by atoms with E-state index in [0.29, 0.717) is 22.6 Å². The van der Waals surface area contributed by atoms with Gasteiger partial charge in [0.1, 0.15) is 0 Å². The van der Waals surface area contributed by atoms with Gasteiger partial charge in [0.15, 0.2) is 0 Å². The van der Waals surface area contributed by atoms with Gasteiger partial charge in [-0.2, -0.15) is 0 Å². The predicted octanol–water partition coefficient (Wildman–Crippen LogP) is 1.50. The van der Waals surface area contributed by atoms with Crippen LogP contribution in [-0.4, -0.2) is 10.9 Å². The molecule has 2 aromatic rings. The fourth-order valence-electron chi connectivity index (χ4n) is 1.41. The number of amides is 1. The average Bonchev–Trinajstić information content (AvgIpc) is 2.34. The van der Waals surface area contributed by atoms with Crippen LogP contribution in [0.2, 0.25) is 0 Å². The molecule has 5 nitrogen and oxygen atoms in total. The van der Waals surface area contributed by atoms with Crippen molar-refractivity contribution in [1.82, 2.24) is 4.98 Å². The first-order chi connectivity index (χ1) is 8.18. The molecule has 0 atom stereocenters. The predicted molar refractivity (Wildman–Crippen MR) is 67.5 cm³/mol. The molecule has 0 aliphatic heterocycles. The second kappa shape index (κ2) is 4.52. The number of carbonyl (C=O) groups excluding carboxylic acids is 1. The van der Waals surface area contributed by atoms with Crippen LogP contribution in [-0.2, 0) is 0 Å². The summed E-state index contributed by atoms with van der Waals surface area (Å²) in [6, 6.07) is 8.36. The van der Waals surface area contributed by atoms with E-state index < -0.39 is 0 Å². The van der Waals surface area contributed by atoms with Crippen LogP contribution < -0.4 is 16.8 Å². The quantitative estimate of drug-likeness (QED) is 0.679. The SMILES string of the molecule is Nc1cccc(C(=O)Nc2ccncc2)c1N. The van der Waals surface area contributed by atoms with Gasteiger partial charge in [0, 0.05) is 18.1 Å². The van der Waals surface area contributed by atoms with Crippen LogP contribution in [0.3, 0.4) is 0 Å². The van der Waals surface area contributed by atoms with E-state index in [1.165, 1.54) is 0 Å². The van der Waals surface area contributed by atoms with Crippen molar-refractivity contribution < 1.29 is 4.79 Å². The standard InChI is InChI=1S/C12H12N4O/c13-10-3-1-2-9(11(10)14)12(17)16-8-4-6-15-7-5-8/h1-7H,13-14H2,(H,15,16,17). The van der Waals surface area contributed by atoms with Gasteiger partial charge in [0.2, 0.25) is 0 Å². The molecule has 17 heavy (non-hydrogen) atoms. The monoisotopic (exact) mass is 228 g/mol. The summed E-state index contributed by atoms with van der Waals surface area (Å²) < 4.78 is 0. The van der Waals surface area contributed by atoms with Crippen LogP contribution in [0.4, 0.5) is 17.1 Å². The lowest BCUT2D eigenvalue weighted by Crippen LogP contribution is -2.14. The lowest BCUT2D eigenvalue weighted by Gasteiger charge is -2.08. The molecule has 1 amide bonds. The number of nitrogens with zero attached hydrogens (tertiary/aromatic N) is 1. The van der Waals surface area contributed by atoms with Gasteiger partial charge < -0.3 is 16.8 Å². The molecule has 0 unspecified atom stereocenters. The number of nitrogens with two attached hydrogens (primary N) is 2. The van der Waals surface area contributed by atoms with Crippen molar-refractivity contribution in [2.24, 2.45) is 0 Å². The molecule has 0 spiro atoms. The van der Waals surface area contributed by atoms with E-state index in [2.05, 4.69) is 10.3 Å². The summed E-state index contributed by atoms with van der Waals surface area (Å²) in [5.74, 6) is -0.291. The minimum atomic E-state index is -0.291. The van der Waals surface area contributed by atoms with Crippen molar-refractivity contribution in [2.45, 2.75) is 0 Å². The second-order valence-corrected chi connectivity index (χ2v) is 3.50. The summed E-state index contributed by atoms with van der Waals surface area (Å²) >= 11 is 0. The molecule has 0 aliphatic rings. The van der Waals surface area contributed by atoms with Crippen LogP contribution >= 0.6 is 0 Å². The van der Waals surface area contributed by atoms with Crippen molar-refractivity contribution in [3.05, 3.63) is 48.3 Å². The average molecular weight is 228 g/mol. The fourth-order valence-corrected chi connectivity index (χ4v) is 1.41. The van der Waals surface area contributed by atoms with E-state index in [4.69, 9.17) is 11.5 Å². The lowest BCUT2D eigenvalue weighted by atomic mass is 10.1. The molecule has 1 heterocycles. The van der Waals surface area contributed by atoms with Gasteiger partial charge in [-0.25, -0.2) is 0 Å². The Kier molecular flexibility index (Phi) is 2.91. The number of para-hydroxylation sites is 1. The molecule has 86 valence electrons. The normalized spacial score (nSPS) is 9.88. The molecule has 0 bridgehead atoms. The van der Waals surface area contributed by atoms with Crippen LogP contribution in [0.25, 0.3) is 0 Å². The lowest BCUT2D eigenvalue weighted by molar-refractivity contribution is 0.102. The summed E-state index contributed by atoms with van der Waals surface area (Å²) in [7, 11) is 0. The third kappa shape index (κ3) is 2.34. The Hall–Kier alpha value is -2.56. The number of carbonyl (C=O) groups is 1. The zero-order valence-electron chi connectivity index (χ0n) is 9.05. The van der Waals surface area contributed by atoms with Crippen LogP contribution in [0.1, 0.15) is 10.4 Å². The third-order valence-corrected chi connectivity index (χ3v) is 2.32. The van der Waals surface area contributed by atoms with Gasteiger partial charge in [-0.05, 0) is 24.3 Å². The van der Waals surface area contributed by atoms with Crippen LogP contribution in [0.15, 0.2) is 42.7 Å². The molecule has 5 N–H and O–H groups in total. The summed E-state index contributed by atoms with van der Waals surface area (Å²) in [4.78, 5) is 15.8.